The van der Waals surface area contributed by atoms with Crippen LogP contribution < -0.4 is 5.32 Å². The summed E-state index contributed by atoms with van der Waals surface area (Å²) in [4.78, 5) is 0. The molecule has 1 fully saturated rings. The molecule has 2 nitrogen and oxygen atoms in total. The molecule has 0 aliphatic carbocycles. The molecule has 1 aromatic rings. The Balaban J connectivity index is 2.09. The average molecular weight is 205 g/mol. The summed E-state index contributed by atoms with van der Waals surface area (Å²) in [5, 5.41) is 3.39. The van der Waals surface area contributed by atoms with E-state index in [9.17, 15) is 0 Å². The zero-order chi connectivity index (χ0) is 10.5. The summed E-state index contributed by atoms with van der Waals surface area (Å²) in [6, 6.07) is 10.6. The van der Waals surface area contributed by atoms with Crippen LogP contribution in [0.1, 0.15) is 24.5 Å². The first-order chi connectivity index (χ1) is 7.42. The monoisotopic (exact) mass is 205 g/mol. The van der Waals surface area contributed by atoms with Crippen LogP contribution in [0.2, 0.25) is 0 Å². The number of piperidine rings is 1. The van der Waals surface area contributed by atoms with E-state index in [-0.39, 0.29) is 6.10 Å². The fourth-order valence-corrected chi connectivity index (χ4v) is 2.39. The van der Waals surface area contributed by atoms with Crippen molar-refractivity contribution in [2.45, 2.75) is 18.9 Å². The Morgan fingerprint density at radius 3 is 2.47 bits per heavy atom. The van der Waals surface area contributed by atoms with Gasteiger partial charge < -0.3 is 10.1 Å². The van der Waals surface area contributed by atoms with Crippen molar-refractivity contribution in [2.24, 2.45) is 5.92 Å². The van der Waals surface area contributed by atoms with Gasteiger partial charge in [0.25, 0.3) is 0 Å². The van der Waals surface area contributed by atoms with Crippen LogP contribution in [0.15, 0.2) is 30.3 Å². The van der Waals surface area contributed by atoms with E-state index in [2.05, 4.69) is 35.6 Å². The standard InChI is InChI=1S/C13H19NO/c1-15-13(11-5-3-2-4-6-11)12-7-9-14-10-8-12/h2-6,12-14H,7-10H2,1H3/t13-/m0/s1. The average Bonchev–Trinajstić information content (AvgIpc) is 2.33. The predicted molar refractivity (Wildman–Crippen MR) is 61.8 cm³/mol. The lowest BCUT2D eigenvalue weighted by Crippen LogP contribution is -2.31. The zero-order valence-corrected chi connectivity index (χ0v) is 9.28. The van der Waals surface area contributed by atoms with Crippen LogP contribution in [0.4, 0.5) is 0 Å². The van der Waals surface area contributed by atoms with Crippen molar-refractivity contribution in [2.75, 3.05) is 20.2 Å². The normalized spacial score (nSPS) is 20.1. The summed E-state index contributed by atoms with van der Waals surface area (Å²) in [5.41, 5.74) is 1.31. The van der Waals surface area contributed by atoms with E-state index < -0.39 is 0 Å². The molecule has 0 spiro atoms. The van der Waals surface area contributed by atoms with Crippen molar-refractivity contribution in [1.29, 1.82) is 0 Å². The van der Waals surface area contributed by atoms with Gasteiger partial charge in [0.1, 0.15) is 0 Å². The maximum atomic E-state index is 5.65. The summed E-state index contributed by atoms with van der Waals surface area (Å²) in [6.45, 7) is 2.24. The van der Waals surface area contributed by atoms with Crippen LogP contribution in [0.5, 0.6) is 0 Å². The molecule has 0 aromatic heterocycles. The molecule has 0 saturated carbocycles. The van der Waals surface area contributed by atoms with Crippen molar-refractivity contribution in [3.8, 4) is 0 Å². The third kappa shape index (κ3) is 2.58. The molecule has 1 aliphatic rings. The Morgan fingerprint density at radius 1 is 1.20 bits per heavy atom. The Morgan fingerprint density at radius 2 is 1.87 bits per heavy atom. The highest BCUT2D eigenvalue weighted by molar-refractivity contribution is 5.18. The lowest BCUT2D eigenvalue weighted by molar-refractivity contribution is 0.0383. The fraction of sp³-hybridized carbons (Fsp3) is 0.538. The minimum absolute atomic E-state index is 0.272. The number of hydrogen-bond acceptors (Lipinski definition) is 2. The van der Waals surface area contributed by atoms with Gasteiger partial charge in [0.15, 0.2) is 0 Å². The van der Waals surface area contributed by atoms with Gasteiger partial charge >= 0.3 is 0 Å². The van der Waals surface area contributed by atoms with E-state index >= 15 is 0 Å². The number of benzene rings is 1. The highest BCUT2D eigenvalue weighted by atomic mass is 16.5. The van der Waals surface area contributed by atoms with E-state index in [0.29, 0.717) is 5.92 Å². The largest absolute Gasteiger partial charge is 0.376 e. The maximum absolute atomic E-state index is 5.65. The predicted octanol–water partition coefficient (Wildman–Crippen LogP) is 2.37. The van der Waals surface area contributed by atoms with Gasteiger partial charge in [-0.2, -0.15) is 0 Å². The third-order valence-electron chi connectivity index (χ3n) is 3.19. The van der Waals surface area contributed by atoms with Gasteiger partial charge in [-0.3, -0.25) is 0 Å². The molecule has 15 heavy (non-hydrogen) atoms. The Hall–Kier alpha value is -0.860. The number of rotatable bonds is 3. The van der Waals surface area contributed by atoms with Gasteiger partial charge in [0.2, 0.25) is 0 Å². The lowest BCUT2D eigenvalue weighted by Gasteiger charge is -2.30. The van der Waals surface area contributed by atoms with Crippen molar-refractivity contribution >= 4 is 0 Å². The minimum atomic E-state index is 0.272. The molecule has 1 aliphatic heterocycles. The Kier molecular flexibility index (Phi) is 3.75. The fourth-order valence-electron chi connectivity index (χ4n) is 2.39. The molecular weight excluding hydrogens is 186 g/mol. The van der Waals surface area contributed by atoms with Crippen LogP contribution in [-0.4, -0.2) is 20.2 Å². The molecule has 1 aromatic carbocycles. The first-order valence-corrected chi connectivity index (χ1v) is 5.70. The molecular formula is C13H19NO. The summed E-state index contributed by atoms with van der Waals surface area (Å²) in [7, 11) is 1.82. The molecule has 0 unspecified atom stereocenters. The van der Waals surface area contributed by atoms with E-state index in [1.54, 1.807) is 0 Å². The van der Waals surface area contributed by atoms with Crippen LogP contribution in [0.3, 0.4) is 0 Å². The number of ether oxygens (including phenoxy) is 1. The lowest BCUT2D eigenvalue weighted by atomic mass is 9.88. The molecule has 1 atom stereocenters. The summed E-state index contributed by atoms with van der Waals surface area (Å²) in [6.07, 6.45) is 2.70. The first kappa shape index (κ1) is 10.7. The van der Waals surface area contributed by atoms with Crippen molar-refractivity contribution < 1.29 is 4.74 Å². The van der Waals surface area contributed by atoms with Crippen LogP contribution in [-0.2, 0) is 4.74 Å². The smallest absolute Gasteiger partial charge is 0.0850 e. The molecule has 1 saturated heterocycles. The second-order valence-electron chi connectivity index (χ2n) is 4.15. The topological polar surface area (TPSA) is 21.3 Å². The van der Waals surface area contributed by atoms with Crippen LogP contribution in [0.25, 0.3) is 0 Å². The van der Waals surface area contributed by atoms with E-state index in [0.717, 1.165) is 13.1 Å². The molecule has 0 amide bonds. The Labute approximate surface area is 91.6 Å². The summed E-state index contributed by atoms with van der Waals surface area (Å²) >= 11 is 0. The van der Waals surface area contributed by atoms with Crippen LogP contribution in [0, 0.1) is 5.92 Å². The van der Waals surface area contributed by atoms with Gasteiger partial charge in [0, 0.05) is 7.11 Å². The summed E-state index contributed by atoms with van der Waals surface area (Å²) in [5.74, 6) is 0.665. The van der Waals surface area contributed by atoms with Crippen molar-refractivity contribution in [3.63, 3.8) is 0 Å². The van der Waals surface area contributed by atoms with E-state index in [1.807, 2.05) is 7.11 Å². The molecule has 1 N–H and O–H groups in total. The zero-order valence-electron chi connectivity index (χ0n) is 9.28. The highest BCUT2D eigenvalue weighted by Gasteiger charge is 2.24. The molecule has 0 bridgehead atoms. The molecule has 82 valence electrons. The van der Waals surface area contributed by atoms with Gasteiger partial charge in [0.05, 0.1) is 6.10 Å². The van der Waals surface area contributed by atoms with Crippen molar-refractivity contribution in [3.05, 3.63) is 35.9 Å². The summed E-state index contributed by atoms with van der Waals surface area (Å²) < 4.78 is 5.65. The number of methoxy groups -OCH3 is 1. The minimum Gasteiger partial charge on any atom is -0.376 e. The van der Waals surface area contributed by atoms with Gasteiger partial charge in [-0.15, -0.1) is 0 Å². The second-order valence-corrected chi connectivity index (χ2v) is 4.15. The number of hydrogen-bond donors (Lipinski definition) is 1. The molecule has 0 radical (unpaired) electrons. The first-order valence-electron chi connectivity index (χ1n) is 5.70. The quantitative estimate of drug-likeness (QED) is 0.818. The van der Waals surface area contributed by atoms with E-state index in [1.165, 1.54) is 18.4 Å². The SMILES string of the molecule is CO[C@@H](c1ccccc1)C1CCNCC1. The van der Waals surface area contributed by atoms with Gasteiger partial charge in [-0.05, 0) is 37.4 Å². The van der Waals surface area contributed by atoms with Gasteiger partial charge in [-0.25, -0.2) is 0 Å². The molecule has 2 rings (SSSR count). The highest BCUT2D eigenvalue weighted by Crippen LogP contribution is 2.31. The number of nitrogens with one attached hydrogen (secondary N) is 1. The molecule has 2 heteroatoms. The van der Waals surface area contributed by atoms with Crippen molar-refractivity contribution in [1.82, 2.24) is 5.32 Å². The van der Waals surface area contributed by atoms with Gasteiger partial charge in [-0.1, -0.05) is 30.3 Å². The third-order valence-corrected chi connectivity index (χ3v) is 3.19. The van der Waals surface area contributed by atoms with Crippen LogP contribution >= 0.6 is 0 Å². The van der Waals surface area contributed by atoms with E-state index in [4.69, 9.17) is 4.74 Å². The molecule has 1 heterocycles. The maximum Gasteiger partial charge on any atom is 0.0850 e. The Bertz CT molecular complexity index is 280. The second kappa shape index (κ2) is 5.29.